The highest BCUT2D eigenvalue weighted by Crippen LogP contribution is 2.32. The van der Waals surface area contributed by atoms with Crippen molar-refractivity contribution >= 4 is 46.4 Å². The van der Waals surface area contributed by atoms with E-state index >= 15 is 0 Å². The number of methoxy groups -OCH3 is 2. The SMILES string of the molecule is COc1ccc(/C=C2/N=C(SCC(=O)Nc3c[n+](N4CCOCC4)no3)N(c3ccccc3)C2=O)c(OC)c1. The molecule has 0 radical (unpaired) electrons. The Hall–Kier alpha value is -4.36. The molecule has 39 heavy (non-hydrogen) atoms. The van der Waals surface area contributed by atoms with Gasteiger partial charge in [0.15, 0.2) is 5.17 Å². The number of hydrogen-bond donors (Lipinski definition) is 1. The lowest BCUT2D eigenvalue weighted by Crippen LogP contribution is -2.62. The van der Waals surface area contributed by atoms with E-state index in [2.05, 4.69) is 15.6 Å². The van der Waals surface area contributed by atoms with E-state index in [1.54, 1.807) is 49.5 Å². The maximum Gasteiger partial charge on any atom is 0.305 e. The van der Waals surface area contributed by atoms with Crippen LogP contribution in [0.2, 0.25) is 0 Å². The zero-order chi connectivity index (χ0) is 27.2. The molecule has 12 nitrogen and oxygen atoms in total. The lowest BCUT2D eigenvalue weighted by atomic mass is 10.1. The molecule has 0 bridgehead atoms. The van der Waals surface area contributed by atoms with Crippen LogP contribution in [0.5, 0.6) is 11.5 Å². The summed E-state index contributed by atoms with van der Waals surface area (Å²) in [4.78, 5) is 33.8. The fourth-order valence-electron chi connectivity index (χ4n) is 3.97. The number of nitrogens with one attached hydrogen (secondary N) is 1. The molecule has 2 aliphatic rings. The summed E-state index contributed by atoms with van der Waals surface area (Å²) in [7, 11) is 3.11. The predicted molar refractivity (Wildman–Crippen MR) is 145 cm³/mol. The number of hydrogen-bond acceptors (Lipinski definition) is 10. The van der Waals surface area contributed by atoms with Crippen LogP contribution in [0.4, 0.5) is 11.6 Å². The Morgan fingerprint density at radius 1 is 1.15 bits per heavy atom. The minimum atomic E-state index is -0.331. The Balaban J connectivity index is 1.32. The Labute approximate surface area is 228 Å². The molecule has 2 amide bonds. The molecule has 1 N–H and O–H groups in total. The molecular formula is C26H27N6O6S+. The van der Waals surface area contributed by atoms with Gasteiger partial charge in [-0.2, -0.15) is 0 Å². The average molecular weight is 552 g/mol. The summed E-state index contributed by atoms with van der Waals surface area (Å²) < 4.78 is 21.3. The number of carbonyl (C=O) groups excluding carboxylic acids is 2. The number of carbonyl (C=O) groups is 2. The van der Waals surface area contributed by atoms with E-state index < -0.39 is 0 Å². The smallest absolute Gasteiger partial charge is 0.305 e. The number of aromatic nitrogens is 2. The highest BCUT2D eigenvalue weighted by Gasteiger charge is 2.33. The molecule has 202 valence electrons. The van der Waals surface area contributed by atoms with E-state index in [0.29, 0.717) is 54.2 Å². The van der Waals surface area contributed by atoms with Gasteiger partial charge < -0.3 is 14.2 Å². The van der Waals surface area contributed by atoms with Crippen LogP contribution in [-0.2, 0) is 14.3 Å². The van der Waals surface area contributed by atoms with E-state index in [-0.39, 0.29) is 29.1 Å². The van der Waals surface area contributed by atoms with Crippen LogP contribution < -0.4 is 29.5 Å². The second-order valence-electron chi connectivity index (χ2n) is 8.40. The molecule has 5 rings (SSSR count). The first kappa shape index (κ1) is 26.3. The fraction of sp³-hybridized carbons (Fsp3) is 0.269. The molecule has 0 saturated carbocycles. The van der Waals surface area contributed by atoms with E-state index in [1.165, 1.54) is 4.90 Å². The minimum absolute atomic E-state index is 0.00711. The maximum atomic E-state index is 13.5. The summed E-state index contributed by atoms with van der Waals surface area (Å²) in [6.45, 7) is 2.53. The van der Waals surface area contributed by atoms with Gasteiger partial charge in [-0.05, 0) is 30.3 Å². The molecule has 2 aliphatic heterocycles. The molecule has 13 heteroatoms. The molecule has 1 aromatic heterocycles. The van der Waals surface area contributed by atoms with Crippen LogP contribution in [0.1, 0.15) is 5.56 Å². The largest absolute Gasteiger partial charge is 0.497 e. The molecule has 3 heterocycles. The van der Waals surface area contributed by atoms with Crippen molar-refractivity contribution < 1.29 is 33.1 Å². The number of para-hydroxylation sites is 1. The van der Waals surface area contributed by atoms with Crippen LogP contribution in [0, 0.1) is 0 Å². The third-order valence-electron chi connectivity index (χ3n) is 5.90. The normalized spacial score (nSPS) is 16.4. The quantitative estimate of drug-likeness (QED) is 0.331. The number of benzene rings is 2. The van der Waals surface area contributed by atoms with Crippen LogP contribution in [0.3, 0.4) is 0 Å². The van der Waals surface area contributed by atoms with Crippen molar-refractivity contribution in [1.29, 1.82) is 0 Å². The van der Waals surface area contributed by atoms with Gasteiger partial charge >= 0.3 is 5.88 Å². The van der Waals surface area contributed by atoms with E-state index in [1.807, 2.05) is 35.3 Å². The van der Waals surface area contributed by atoms with Gasteiger partial charge in [-0.1, -0.05) is 30.0 Å². The first-order valence-corrected chi connectivity index (χ1v) is 13.1. The summed E-state index contributed by atoms with van der Waals surface area (Å²) in [5.74, 6) is 0.728. The molecule has 0 spiro atoms. The number of amides is 2. The van der Waals surface area contributed by atoms with Crippen molar-refractivity contribution in [3.8, 4) is 11.5 Å². The predicted octanol–water partition coefficient (Wildman–Crippen LogP) is 2.06. The summed E-state index contributed by atoms with van der Waals surface area (Å²) in [6, 6.07) is 14.4. The Kier molecular flexibility index (Phi) is 8.08. The first-order valence-electron chi connectivity index (χ1n) is 12.1. The number of ether oxygens (including phenoxy) is 3. The Morgan fingerprint density at radius 2 is 1.95 bits per heavy atom. The second-order valence-corrected chi connectivity index (χ2v) is 9.34. The van der Waals surface area contributed by atoms with E-state index in [9.17, 15) is 9.59 Å². The molecular weight excluding hydrogens is 524 g/mol. The standard InChI is InChI=1S/C26H26N6O6S/c1-35-20-9-8-18(22(15-20)36-2)14-21-25(34)32(19-6-4-3-5-7-19)26(27-21)39-17-23(33)28-24-16-31(29-38-24)30-10-12-37-13-11-30/h3-9,14-16H,10-13,17H2,1-2H3/p+1/b21-14+. The number of thioether (sulfide) groups is 1. The Morgan fingerprint density at radius 3 is 2.69 bits per heavy atom. The fourth-order valence-corrected chi connectivity index (χ4v) is 4.78. The van der Waals surface area contributed by atoms with Gasteiger partial charge in [0.25, 0.3) is 12.1 Å². The van der Waals surface area contributed by atoms with Crippen LogP contribution >= 0.6 is 11.8 Å². The van der Waals surface area contributed by atoms with Crippen molar-refractivity contribution in [2.45, 2.75) is 0 Å². The van der Waals surface area contributed by atoms with Crippen molar-refractivity contribution in [3.05, 3.63) is 66.0 Å². The first-order chi connectivity index (χ1) is 19.1. The lowest BCUT2D eigenvalue weighted by molar-refractivity contribution is -0.759. The topological polar surface area (TPSA) is 123 Å². The van der Waals surface area contributed by atoms with Crippen LogP contribution in [0.15, 0.2) is 69.9 Å². The number of morpholine rings is 1. The van der Waals surface area contributed by atoms with Gasteiger partial charge in [0, 0.05) is 11.6 Å². The molecule has 1 fully saturated rings. The zero-order valence-electron chi connectivity index (χ0n) is 21.4. The second kappa shape index (κ2) is 12.0. The zero-order valence-corrected chi connectivity index (χ0v) is 22.2. The number of aliphatic imine (C=N–C) groups is 1. The average Bonchev–Trinajstić information content (AvgIpc) is 3.57. The van der Waals surface area contributed by atoms with Crippen molar-refractivity contribution in [3.63, 3.8) is 0 Å². The summed E-state index contributed by atoms with van der Waals surface area (Å²) in [5.41, 5.74) is 1.52. The molecule has 2 aromatic carbocycles. The van der Waals surface area contributed by atoms with Gasteiger partial charge in [0.05, 0.1) is 56.8 Å². The van der Waals surface area contributed by atoms with Gasteiger partial charge in [-0.25, -0.2) is 4.99 Å². The van der Waals surface area contributed by atoms with Crippen molar-refractivity contribution in [1.82, 2.24) is 5.27 Å². The highest BCUT2D eigenvalue weighted by atomic mass is 32.2. The van der Waals surface area contributed by atoms with Gasteiger partial charge in [-0.15, -0.1) is 5.01 Å². The molecule has 0 unspecified atom stereocenters. The maximum absolute atomic E-state index is 13.5. The molecule has 3 aromatic rings. The van der Waals surface area contributed by atoms with E-state index in [0.717, 1.165) is 11.8 Å². The lowest BCUT2D eigenvalue weighted by Gasteiger charge is -2.18. The number of rotatable bonds is 8. The third-order valence-corrected chi connectivity index (χ3v) is 6.84. The molecule has 0 atom stereocenters. The third kappa shape index (κ3) is 6.04. The monoisotopic (exact) mass is 551 g/mol. The van der Waals surface area contributed by atoms with Gasteiger partial charge in [0.2, 0.25) is 11.2 Å². The number of amidine groups is 1. The molecule has 0 aliphatic carbocycles. The number of nitrogens with zero attached hydrogens (tertiary/aromatic N) is 5. The van der Waals surface area contributed by atoms with Gasteiger partial charge in [-0.3, -0.25) is 24.3 Å². The summed E-state index contributed by atoms with van der Waals surface area (Å²) >= 11 is 1.14. The van der Waals surface area contributed by atoms with Crippen molar-refractivity contribution in [2.24, 2.45) is 4.99 Å². The number of anilines is 2. The van der Waals surface area contributed by atoms with Crippen molar-refractivity contribution in [2.75, 3.05) is 61.5 Å². The Bertz CT molecular complexity index is 1400. The summed E-state index contributed by atoms with van der Waals surface area (Å²) in [6.07, 6.45) is 3.26. The van der Waals surface area contributed by atoms with Gasteiger partial charge in [0.1, 0.15) is 17.2 Å². The minimum Gasteiger partial charge on any atom is -0.497 e. The van der Waals surface area contributed by atoms with E-state index in [4.69, 9.17) is 18.7 Å². The highest BCUT2D eigenvalue weighted by molar-refractivity contribution is 8.14. The van der Waals surface area contributed by atoms with Crippen LogP contribution in [-0.4, -0.2) is 68.5 Å². The molecule has 1 saturated heterocycles. The summed E-state index contributed by atoms with van der Waals surface area (Å²) in [5, 5.41) is 8.97. The van der Waals surface area contributed by atoms with Crippen LogP contribution in [0.25, 0.3) is 6.08 Å².